The lowest BCUT2D eigenvalue weighted by molar-refractivity contribution is -0.682. The summed E-state index contributed by atoms with van der Waals surface area (Å²) in [4.78, 5) is 25.0. The van der Waals surface area contributed by atoms with E-state index in [9.17, 15) is 14.0 Å². The highest BCUT2D eigenvalue weighted by atomic mass is 19.1. The zero-order valence-electron chi connectivity index (χ0n) is 16.1. The number of amides is 2. The Hall–Kier alpha value is -3.51. The van der Waals surface area contributed by atoms with Crippen molar-refractivity contribution >= 4 is 23.2 Å². The summed E-state index contributed by atoms with van der Waals surface area (Å²) in [5, 5.41) is 7.44. The van der Waals surface area contributed by atoms with Crippen molar-refractivity contribution in [3.05, 3.63) is 95.8 Å². The molecule has 1 atom stereocenters. The number of carbonyl (C=O) groups excluding carboxylic acids is 2. The lowest BCUT2D eigenvalue weighted by atomic mass is 10.1. The van der Waals surface area contributed by atoms with Crippen LogP contribution in [-0.4, -0.2) is 18.4 Å². The highest BCUT2D eigenvalue weighted by Gasteiger charge is 2.15. The zero-order chi connectivity index (χ0) is 20.6. The van der Waals surface area contributed by atoms with Crippen LogP contribution in [-0.2, 0) is 4.79 Å². The maximum atomic E-state index is 13.0. The van der Waals surface area contributed by atoms with Crippen molar-refractivity contribution in [3.8, 4) is 0 Å². The van der Waals surface area contributed by atoms with E-state index in [4.69, 9.17) is 0 Å². The maximum Gasteiger partial charge on any atom is 0.279 e. The first-order chi connectivity index (χ1) is 14.0. The molecule has 0 aliphatic heterocycles. The van der Waals surface area contributed by atoms with Crippen LogP contribution in [0.1, 0.15) is 28.9 Å². The van der Waals surface area contributed by atoms with E-state index in [0.717, 1.165) is 5.56 Å². The Kier molecular flexibility index (Phi) is 6.71. The number of anilines is 2. The van der Waals surface area contributed by atoms with E-state index in [-0.39, 0.29) is 30.2 Å². The second kappa shape index (κ2) is 9.61. The number of halogens is 1. The van der Waals surface area contributed by atoms with Crippen LogP contribution < -0.4 is 16.0 Å². The van der Waals surface area contributed by atoms with Gasteiger partial charge in [-0.1, -0.05) is 42.5 Å². The molecule has 0 saturated heterocycles. The summed E-state index contributed by atoms with van der Waals surface area (Å²) in [5.41, 5.74) is 2.38. The van der Waals surface area contributed by atoms with Crippen LogP contribution in [0, 0.1) is 5.82 Å². The molecule has 5 nitrogen and oxygen atoms in total. The lowest BCUT2D eigenvalue weighted by Crippen LogP contribution is -2.86. The average Bonchev–Trinajstić information content (AvgIpc) is 2.74. The molecule has 0 fully saturated rings. The van der Waals surface area contributed by atoms with E-state index in [1.165, 1.54) is 24.3 Å². The first-order valence-electron chi connectivity index (χ1n) is 9.37. The Morgan fingerprint density at radius 2 is 1.55 bits per heavy atom. The smallest absolute Gasteiger partial charge is 0.279 e. The summed E-state index contributed by atoms with van der Waals surface area (Å²) in [6, 6.07) is 22.4. The molecule has 0 aliphatic carbocycles. The van der Waals surface area contributed by atoms with Crippen molar-refractivity contribution in [1.82, 2.24) is 0 Å². The minimum Gasteiger partial charge on any atom is -0.333 e. The molecule has 0 saturated carbocycles. The van der Waals surface area contributed by atoms with Crippen LogP contribution >= 0.6 is 0 Å². The molecular weight excluding hydrogens is 369 g/mol. The van der Waals surface area contributed by atoms with Crippen molar-refractivity contribution in [2.24, 2.45) is 0 Å². The molecule has 0 aliphatic rings. The number of para-hydroxylation sites is 1. The van der Waals surface area contributed by atoms with Crippen molar-refractivity contribution < 1.29 is 19.3 Å². The van der Waals surface area contributed by atoms with Crippen molar-refractivity contribution in [3.63, 3.8) is 0 Å². The zero-order valence-corrected chi connectivity index (χ0v) is 16.1. The minimum absolute atomic E-state index is 0.138. The van der Waals surface area contributed by atoms with Gasteiger partial charge in [0.05, 0.1) is 11.3 Å². The van der Waals surface area contributed by atoms with Gasteiger partial charge in [-0.25, -0.2) is 4.39 Å². The molecule has 0 aromatic heterocycles. The Balaban J connectivity index is 1.61. The molecule has 2 amide bonds. The number of nitrogens with two attached hydrogens (primary N) is 1. The number of nitrogens with one attached hydrogen (secondary N) is 2. The highest BCUT2D eigenvalue weighted by Crippen LogP contribution is 2.17. The topological polar surface area (TPSA) is 74.8 Å². The van der Waals surface area contributed by atoms with Gasteiger partial charge in [-0.3, -0.25) is 9.59 Å². The lowest BCUT2D eigenvalue weighted by Gasteiger charge is -2.13. The van der Waals surface area contributed by atoms with Gasteiger partial charge < -0.3 is 16.0 Å². The van der Waals surface area contributed by atoms with Gasteiger partial charge in [0.2, 0.25) is 0 Å². The SMILES string of the molecule is C[C@@H]([NH2+]CC(=O)Nc1ccccc1C(=O)Nc1ccc(F)cc1)c1ccccc1. The van der Waals surface area contributed by atoms with Crippen molar-refractivity contribution in [1.29, 1.82) is 0 Å². The standard InChI is InChI=1S/C23H22FN3O2/c1-16(17-7-3-2-4-8-17)25-15-22(28)27-21-10-6-5-9-20(21)23(29)26-19-13-11-18(24)12-14-19/h2-14,16,25H,15H2,1H3,(H,26,29)(H,27,28)/p+1/t16-/m1/s1. The molecule has 6 heteroatoms. The first-order valence-corrected chi connectivity index (χ1v) is 9.37. The molecule has 3 rings (SSSR count). The summed E-state index contributed by atoms with van der Waals surface area (Å²) < 4.78 is 13.0. The van der Waals surface area contributed by atoms with Gasteiger partial charge in [0.1, 0.15) is 11.9 Å². The van der Waals surface area contributed by atoms with Crippen LogP contribution in [0.2, 0.25) is 0 Å². The number of benzene rings is 3. The third-order valence-corrected chi connectivity index (χ3v) is 4.53. The van der Waals surface area contributed by atoms with Gasteiger partial charge >= 0.3 is 0 Å². The predicted molar refractivity (Wildman–Crippen MR) is 111 cm³/mol. The van der Waals surface area contributed by atoms with Gasteiger partial charge in [0.15, 0.2) is 6.54 Å². The number of hydrogen-bond acceptors (Lipinski definition) is 2. The van der Waals surface area contributed by atoms with Crippen LogP contribution in [0.4, 0.5) is 15.8 Å². The highest BCUT2D eigenvalue weighted by molar-refractivity contribution is 6.10. The summed E-state index contributed by atoms with van der Waals surface area (Å²) in [6.07, 6.45) is 0. The fourth-order valence-corrected chi connectivity index (χ4v) is 2.90. The van der Waals surface area contributed by atoms with Crippen LogP contribution in [0.25, 0.3) is 0 Å². The van der Waals surface area contributed by atoms with Gasteiger partial charge in [-0.05, 0) is 43.3 Å². The predicted octanol–water partition coefficient (Wildman–Crippen LogP) is 3.34. The van der Waals surface area contributed by atoms with E-state index in [1.807, 2.05) is 42.6 Å². The number of quaternary nitrogens is 1. The monoisotopic (exact) mass is 392 g/mol. The molecule has 0 unspecified atom stereocenters. The Morgan fingerprint density at radius 3 is 2.28 bits per heavy atom. The third-order valence-electron chi connectivity index (χ3n) is 4.53. The molecule has 0 radical (unpaired) electrons. The second-order valence-electron chi connectivity index (χ2n) is 6.69. The van der Waals surface area contributed by atoms with E-state index >= 15 is 0 Å². The first kappa shape index (κ1) is 20.2. The summed E-state index contributed by atoms with van der Waals surface area (Å²) in [5.74, 6) is -0.958. The third kappa shape index (κ3) is 5.73. The normalized spacial score (nSPS) is 11.5. The Bertz CT molecular complexity index is 975. The van der Waals surface area contributed by atoms with E-state index in [0.29, 0.717) is 16.9 Å². The van der Waals surface area contributed by atoms with Gasteiger partial charge in [0, 0.05) is 11.3 Å². The van der Waals surface area contributed by atoms with Gasteiger partial charge in [0.25, 0.3) is 11.8 Å². The molecule has 0 bridgehead atoms. The molecule has 29 heavy (non-hydrogen) atoms. The Morgan fingerprint density at radius 1 is 0.897 bits per heavy atom. The summed E-state index contributed by atoms with van der Waals surface area (Å²) in [6.45, 7) is 2.26. The second-order valence-corrected chi connectivity index (χ2v) is 6.69. The fourth-order valence-electron chi connectivity index (χ4n) is 2.90. The van der Waals surface area contributed by atoms with Crippen LogP contribution in [0.5, 0.6) is 0 Å². The molecule has 148 valence electrons. The molecule has 3 aromatic carbocycles. The largest absolute Gasteiger partial charge is 0.333 e. The number of carbonyl (C=O) groups is 2. The molecule has 3 aromatic rings. The minimum atomic E-state index is -0.380. The summed E-state index contributed by atoms with van der Waals surface area (Å²) >= 11 is 0. The fraction of sp³-hybridized carbons (Fsp3) is 0.130. The van der Waals surface area contributed by atoms with Crippen LogP contribution in [0.3, 0.4) is 0 Å². The van der Waals surface area contributed by atoms with Crippen molar-refractivity contribution in [2.45, 2.75) is 13.0 Å². The molecular formula is C23H23FN3O2+. The summed E-state index contributed by atoms with van der Waals surface area (Å²) in [7, 11) is 0. The van der Waals surface area contributed by atoms with E-state index in [2.05, 4.69) is 10.6 Å². The number of hydrogen-bond donors (Lipinski definition) is 3. The average molecular weight is 392 g/mol. The number of rotatable bonds is 7. The van der Waals surface area contributed by atoms with E-state index < -0.39 is 0 Å². The maximum absolute atomic E-state index is 13.0. The molecule has 0 spiro atoms. The van der Waals surface area contributed by atoms with Gasteiger partial charge in [-0.2, -0.15) is 0 Å². The van der Waals surface area contributed by atoms with Crippen molar-refractivity contribution in [2.75, 3.05) is 17.2 Å². The molecule has 4 N–H and O–H groups in total. The van der Waals surface area contributed by atoms with Crippen LogP contribution in [0.15, 0.2) is 78.9 Å². The molecule has 0 heterocycles. The van der Waals surface area contributed by atoms with E-state index in [1.54, 1.807) is 24.3 Å². The quantitative estimate of drug-likeness (QED) is 0.577. The van der Waals surface area contributed by atoms with Gasteiger partial charge in [-0.15, -0.1) is 0 Å². The Labute approximate surface area is 169 Å².